The van der Waals surface area contributed by atoms with Crippen molar-refractivity contribution in [2.24, 2.45) is 0 Å². The van der Waals surface area contributed by atoms with Crippen molar-refractivity contribution >= 4 is 34.0 Å². The number of rotatable bonds is 8. The van der Waals surface area contributed by atoms with Crippen LogP contribution in [-0.2, 0) is 16.0 Å². The monoisotopic (exact) mass is 470 g/mol. The van der Waals surface area contributed by atoms with E-state index in [4.69, 9.17) is 0 Å². The lowest BCUT2D eigenvalue weighted by Gasteiger charge is -2.20. The van der Waals surface area contributed by atoms with E-state index in [1.54, 1.807) is 11.0 Å². The molecule has 1 aliphatic rings. The Morgan fingerprint density at radius 1 is 1.25 bits per heavy atom. The maximum absolute atomic E-state index is 13.0. The Hall–Kier alpha value is -2.92. The molecule has 0 unspecified atom stereocenters. The van der Waals surface area contributed by atoms with Gasteiger partial charge in [-0.15, -0.1) is 24.5 Å². The molecule has 2 heterocycles. The van der Waals surface area contributed by atoms with Crippen LogP contribution in [0.25, 0.3) is 0 Å². The zero-order chi connectivity index (χ0) is 23.5. The number of hydrogen-bond acceptors (Lipinski definition) is 6. The molecule has 1 saturated heterocycles. The number of carboxylic acids is 1. The predicted octanol–water partition coefficient (Wildman–Crippen LogP) is 3.93. The number of ketones is 1. The van der Waals surface area contributed by atoms with E-state index in [9.17, 15) is 32.7 Å². The highest BCUT2D eigenvalue weighted by Crippen LogP contribution is 2.31. The van der Waals surface area contributed by atoms with Crippen LogP contribution in [-0.4, -0.2) is 53.2 Å². The second-order valence-electron chi connectivity index (χ2n) is 7.23. The zero-order valence-corrected chi connectivity index (χ0v) is 17.9. The minimum absolute atomic E-state index is 0.118. The van der Waals surface area contributed by atoms with Crippen LogP contribution >= 0.6 is 11.3 Å². The molecule has 0 aliphatic carbocycles. The number of aryl methyl sites for hydroxylation is 1. The van der Waals surface area contributed by atoms with Gasteiger partial charge in [0, 0.05) is 10.4 Å². The second-order valence-corrected chi connectivity index (χ2v) is 8.36. The Morgan fingerprint density at radius 2 is 1.94 bits per heavy atom. The third kappa shape index (κ3) is 5.86. The summed E-state index contributed by atoms with van der Waals surface area (Å²) in [6, 6.07) is 5.46. The summed E-state index contributed by atoms with van der Waals surface area (Å²) in [7, 11) is 0. The number of alkyl halides is 3. The highest BCUT2D eigenvalue weighted by atomic mass is 32.1. The first-order valence-electron chi connectivity index (χ1n) is 9.87. The van der Waals surface area contributed by atoms with Crippen LogP contribution in [0.1, 0.15) is 40.6 Å². The van der Waals surface area contributed by atoms with E-state index in [2.05, 4.69) is 10.1 Å². The summed E-state index contributed by atoms with van der Waals surface area (Å²) in [5.41, 5.74) is 0.363. The number of halogens is 3. The maximum atomic E-state index is 13.0. The van der Waals surface area contributed by atoms with Gasteiger partial charge in [-0.25, -0.2) is 0 Å². The largest absolute Gasteiger partial charge is 0.573 e. The molecule has 0 saturated carbocycles. The molecule has 1 aromatic carbocycles. The summed E-state index contributed by atoms with van der Waals surface area (Å²) in [6.07, 6.45) is -3.06. The van der Waals surface area contributed by atoms with Crippen molar-refractivity contribution in [2.45, 2.75) is 38.6 Å². The Morgan fingerprint density at radius 3 is 2.53 bits per heavy atom. The molecule has 1 aromatic heterocycles. The van der Waals surface area contributed by atoms with Crippen molar-refractivity contribution in [3.63, 3.8) is 0 Å². The Kier molecular flexibility index (Phi) is 7.19. The van der Waals surface area contributed by atoms with Crippen molar-refractivity contribution in [3.8, 4) is 5.75 Å². The molecule has 0 spiro atoms. The smallest absolute Gasteiger partial charge is 0.480 e. The lowest BCUT2D eigenvalue weighted by atomic mass is 10.0. The fraction of sp³-hybridized carbons (Fsp3) is 0.381. The molecule has 1 amide bonds. The zero-order valence-electron chi connectivity index (χ0n) is 17.1. The van der Waals surface area contributed by atoms with Crippen molar-refractivity contribution < 1.29 is 37.4 Å². The summed E-state index contributed by atoms with van der Waals surface area (Å²) >= 11 is 1.23. The number of aliphatic carboxylic acids is 1. The summed E-state index contributed by atoms with van der Waals surface area (Å²) in [5, 5.41) is 12.3. The number of anilines is 1. The van der Waals surface area contributed by atoms with Crippen molar-refractivity contribution in [3.05, 3.63) is 46.3 Å². The van der Waals surface area contributed by atoms with Gasteiger partial charge in [0.25, 0.3) is 0 Å². The number of nitrogens with one attached hydrogen (secondary N) is 1. The lowest BCUT2D eigenvalue weighted by molar-refractivity contribution is -0.274. The van der Waals surface area contributed by atoms with E-state index in [1.165, 1.54) is 23.5 Å². The van der Waals surface area contributed by atoms with Gasteiger partial charge in [0.05, 0.1) is 12.1 Å². The van der Waals surface area contributed by atoms with Gasteiger partial charge >= 0.3 is 12.3 Å². The summed E-state index contributed by atoms with van der Waals surface area (Å²) in [5.74, 6) is -2.32. The van der Waals surface area contributed by atoms with Crippen LogP contribution in [0.15, 0.2) is 30.3 Å². The van der Waals surface area contributed by atoms with Gasteiger partial charge in [-0.1, -0.05) is 6.92 Å². The fourth-order valence-corrected chi connectivity index (χ4v) is 4.50. The first-order chi connectivity index (χ1) is 15.1. The molecule has 32 heavy (non-hydrogen) atoms. The number of nitrogens with zero attached hydrogens (tertiary/aromatic N) is 1. The molecular formula is C21H21F3N2O5S. The average molecular weight is 470 g/mol. The molecule has 7 nitrogen and oxygen atoms in total. The topological polar surface area (TPSA) is 95.9 Å². The number of thiophene rings is 1. The van der Waals surface area contributed by atoms with Crippen LogP contribution in [0.5, 0.6) is 5.75 Å². The van der Waals surface area contributed by atoms with E-state index in [-0.39, 0.29) is 17.7 Å². The molecular weight excluding hydrogens is 449 g/mol. The second kappa shape index (κ2) is 9.70. The van der Waals surface area contributed by atoms with Crippen LogP contribution in [0.3, 0.4) is 0 Å². The Balaban J connectivity index is 1.75. The highest BCUT2D eigenvalue weighted by molar-refractivity contribution is 7.16. The highest BCUT2D eigenvalue weighted by Gasteiger charge is 2.32. The van der Waals surface area contributed by atoms with Crippen molar-refractivity contribution in [1.29, 1.82) is 0 Å². The van der Waals surface area contributed by atoms with Gasteiger partial charge in [-0.3, -0.25) is 19.3 Å². The quantitative estimate of drug-likeness (QED) is 0.568. The molecule has 11 heteroatoms. The number of hydrogen-bond donors (Lipinski definition) is 2. The van der Waals surface area contributed by atoms with Crippen molar-refractivity contribution in [2.75, 3.05) is 18.4 Å². The number of ether oxygens (including phenoxy) is 1. The lowest BCUT2D eigenvalue weighted by Crippen LogP contribution is -2.40. The first kappa shape index (κ1) is 23.7. The van der Waals surface area contributed by atoms with Gasteiger partial charge in [-0.05, 0) is 56.1 Å². The molecule has 0 bridgehead atoms. The van der Waals surface area contributed by atoms with Crippen LogP contribution in [0, 0.1) is 0 Å². The molecule has 3 rings (SSSR count). The van der Waals surface area contributed by atoms with Gasteiger partial charge in [0.2, 0.25) is 5.91 Å². The minimum Gasteiger partial charge on any atom is -0.480 e. The van der Waals surface area contributed by atoms with E-state index in [0.717, 1.165) is 17.0 Å². The molecule has 0 radical (unpaired) electrons. The van der Waals surface area contributed by atoms with E-state index in [0.29, 0.717) is 30.8 Å². The van der Waals surface area contributed by atoms with Crippen molar-refractivity contribution in [1.82, 2.24) is 4.90 Å². The third-order valence-corrected chi connectivity index (χ3v) is 6.17. The third-order valence-electron chi connectivity index (χ3n) is 4.97. The minimum atomic E-state index is -4.83. The van der Waals surface area contributed by atoms with Gasteiger partial charge in [-0.2, -0.15) is 0 Å². The standard InChI is InChI=1S/C21H21F3N2O5S/c1-2-14-10-15(18(28)12-5-7-13(8-6-12)31-21(22,23)24)19(32-14)25-17(27)11-26-9-3-4-16(26)20(29)30/h5-8,10,16H,2-4,9,11H2,1H3,(H,25,27)(H,29,30)/t16-/m0/s1. The molecule has 1 aliphatic heterocycles. The van der Waals surface area contributed by atoms with Crippen LogP contribution < -0.4 is 10.1 Å². The molecule has 2 N–H and O–H groups in total. The number of likely N-dealkylation sites (tertiary alicyclic amines) is 1. The first-order valence-corrected chi connectivity index (χ1v) is 10.7. The molecule has 1 fully saturated rings. The van der Waals surface area contributed by atoms with Crippen LogP contribution in [0.2, 0.25) is 0 Å². The summed E-state index contributed by atoms with van der Waals surface area (Å²) in [6.45, 7) is 2.26. The molecule has 2 aromatic rings. The number of benzene rings is 1. The van der Waals surface area contributed by atoms with Gasteiger partial charge in [0.15, 0.2) is 5.78 Å². The number of carbonyl (C=O) groups is 3. The van der Waals surface area contributed by atoms with E-state index < -0.39 is 35.8 Å². The predicted molar refractivity (Wildman–Crippen MR) is 111 cm³/mol. The number of carboxylic acid groups (broad SMARTS) is 1. The Labute approximate surface area is 185 Å². The van der Waals surface area contributed by atoms with Gasteiger partial charge < -0.3 is 15.2 Å². The van der Waals surface area contributed by atoms with Gasteiger partial charge in [0.1, 0.15) is 16.8 Å². The fourth-order valence-electron chi connectivity index (χ4n) is 3.49. The normalized spacial score (nSPS) is 16.7. The maximum Gasteiger partial charge on any atom is 0.573 e. The average Bonchev–Trinajstić information content (AvgIpc) is 3.33. The number of amides is 1. The Bertz CT molecular complexity index is 1000. The van der Waals surface area contributed by atoms with Crippen LogP contribution in [0.4, 0.5) is 18.2 Å². The van der Waals surface area contributed by atoms with E-state index >= 15 is 0 Å². The summed E-state index contributed by atoms with van der Waals surface area (Å²) in [4.78, 5) is 39.2. The van der Waals surface area contributed by atoms with E-state index in [1.807, 2.05) is 6.92 Å². The summed E-state index contributed by atoms with van der Waals surface area (Å²) < 4.78 is 40.8. The molecule has 172 valence electrons. The SMILES string of the molecule is CCc1cc(C(=O)c2ccc(OC(F)(F)F)cc2)c(NC(=O)CN2CCC[C@H]2C(=O)O)s1. The molecule has 1 atom stereocenters. The number of carbonyl (C=O) groups excluding carboxylic acids is 2.